The third-order valence-corrected chi connectivity index (χ3v) is 5.01. The van der Waals surface area contributed by atoms with Crippen LogP contribution in [0, 0.1) is 6.92 Å². The average Bonchev–Trinajstić information content (AvgIpc) is 3.04. The molecule has 0 saturated heterocycles. The molecule has 0 amide bonds. The summed E-state index contributed by atoms with van der Waals surface area (Å²) in [5, 5.41) is 4.70. The van der Waals surface area contributed by atoms with Gasteiger partial charge in [-0.1, -0.05) is 30.3 Å². The maximum atomic E-state index is 5.34. The first-order valence-electron chi connectivity index (χ1n) is 9.36. The monoisotopic (exact) mass is 372 g/mol. The van der Waals surface area contributed by atoms with E-state index in [9.17, 15) is 0 Å². The Morgan fingerprint density at radius 3 is 2.61 bits per heavy atom. The first-order valence-corrected chi connectivity index (χ1v) is 9.36. The Kier molecular flexibility index (Phi) is 4.74. The minimum Gasteiger partial charge on any atom is -0.497 e. The van der Waals surface area contributed by atoms with Gasteiger partial charge in [0.05, 0.1) is 24.5 Å². The molecular weight excluding hydrogens is 348 g/mol. The third kappa shape index (κ3) is 3.43. The maximum Gasteiger partial charge on any atom is 0.130 e. The van der Waals surface area contributed by atoms with Crippen LogP contribution in [0.3, 0.4) is 0 Å². The highest BCUT2D eigenvalue weighted by atomic mass is 16.5. The Morgan fingerprint density at radius 2 is 1.82 bits per heavy atom. The predicted octanol–water partition coefficient (Wildman–Crippen LogP) is 5.13. The van der Waals surface area contributed by atoms with Crippen LogP contribution in [0.5, 0.6) is 5.75 Å². The van der Waals surface area contributed by atoms with Crippen LogP contribution in [-0.2, 0) is 7.05 Å². The number of nitrogens with zero attached hydrogens (tertiary/aromatic N) is 3. The quantitative estimate of drug-likeness (QED) is 0.528. The molecule has 1 atom stereocenters. The molecule has 0 radical (unpaired) electrons. The molecule has 0 aliphatic rings. The minimum atomic E-state index is 0.0877. The van der Waals surface area contributed by atoms with Gasteiger partial charge in [-0.25, -0.2) is 9.97 Å². The molecule has 0 aliphatic carbocycles. The van der Waals surface area contributed by atoms with Crippen molar-refractivity contribution in [2.45, 2.75) is 19.9 Å². The van der Waals surface area contributed by atoms with Crippen LogP contribution in [0.15, 0.2) is 60.7 Å². The molecule has 2 heterocycles. The van der Waals surface area contributed by atoms with Crippen molar-refractivity contribution in [1.29, 1.82) is 0 Å². The number of nitrogens with one attached hydrogen (secondary N) is 1. The number of aryl methyl sites for hydroxylation is 2. The van der Waals surface area contributed by atoms with E-state index in [1.807, 2.05) is 31.2 Å². The number of ether oxygens (including phenoxy) is 1. The Hall–Kier alpha value is -3.34. The molecule has 2 aromatic heterocycles. The van der Waals surface area contributed by atoms with Crippen LogP contribution < -0.4 is 10.1 Å². The van der Waals surface area contributed by atoms with Crippen LogP contribution in [0.2, 0.25) is 0 Å². The Morgan fingerprint density at radius 1 is 1.00 bits per heavy atom. The second-order valence-corrected chi connectivity index (χ2v) is 6.98. The largest absolute Gasteiger partial charge is 0.497 e. The van der Waals surface area contributed by atoms with Crippen LogP contribution >= 0.6 is 0 Å². The van der Waals surface area contributed by atoms with Gasteiger partial charge in [-0.15, -0.1) is 0 Å². The highest BCUT2D eigenvalue weighted by molar-refractivity contribution is 5.86. The van der Waals surface area contributed by atoms with E-state index in [1.54, 1.807) is 7.11 Å². The second kappa shape index (κ2) is 7.35. The Bertz CT molecular complexity index is 1130. The van der Waals surface area contributed by atoms with Gasteiger partial charge in [-0.05, 0) is 43.7 Å². The Balaban J connectivity index is 1.67. The zero-order chi connectivity index (χ0) is 19.7. The van der Waals surface area contributed by atoms with E-state index in [0.717, 1.165) is 34.3 Å². The number of hydrogen-bond donors (Lipinski definition) is 1. The topological polar surface area (TPSA) is 52.0 Å². The highest BCUT2D eigenvalue weighted by Crippen LogP contribution is 2.28. The SMILES string of the molecule is COc1cccc([C@H](C)Nc2cc(-c3cc4ccccc4n3C)nc(C)n2)c1. The number of rotatable bonds is 5. The van der Waals surface area contributed by atoms with Gasteiger partial charge < -0.3 is 14.6 Å². The lowest BCUT2D eigenvalue weighted by Gasteiger charge is -2.17. The van der Waals surface area contributed by atoms with Crippen molar-refractivity contribution in [3.05, 3.63) is 72.1 Å². The molecule has 5 heteroatoms. The normalized spacial score (nSPS) is 12.1. The average molecular weight is 372 g/mol. The number of benzene rings is 2. The molecule has 0 aliphatic heterocycles. The van der Waals surface area contributed by atoms with Crippen molar-refractivity contribution in [1.82, 2.24) is 14.5 Å². The Labute approximate surface area is 165 Å². The molecule has 0 spiro atoms. The van der Waals surface area contributed by atoms with Crippen molar-refractivity contribution in [3.63, 3.8) is 0 Å². The molecule has 0 fully saturated rings. The smallest absolute Gasteiger partial charge is 0.130 e. The van der Waals surface area contributed by atoms with E-state index in [4.69, 9.17) is 4.74 Å². The van der Waals surface area contributed by atoms with Crippen molar-refractivity contribution in [2.75, 3.05) is 12.4 Å². The lowest BCUT2D eigenvalue weighted by atomic mass is 10.1. The van der Waals surface area contributed by atoms with Gasteiger partial charge in [-0.2, -0.15) is 0 Å². The fraction of sp³-hybridized carbons (Fsp3) is 0.217. The molecule has 0 unspecified atom stereocenters. The van der Waals surface area contributed by atoms with Gasteiger partial charge >= 0.3 is 0 Å². The highest BCUT2D eigenvalue weighted by Gasteiger charge is 2.13. The molecule has 142 valence electrons. The molecule has 2 aromatic carbocycles. The summed E-state index contributed by atoms with van der Waals surface area (Å²) in [6.07, 6.45) is 0. The van der Waals surface area contributed by atoms with Gasteiger partial charge in [0.2, 0.25) is 0 Å². The number of fused-ring (bicyclic) bond motifs is 1. The number of aromatic nitrogens is 3. The molecular formula is C23H24N4O. The lowest BCUT2D eigenvalue weighted by molar-refractivity contribution is 0.414. The first kappa shape index (κ1) is 18.0. The zero-order valence-corrected chi connectivity index (χ0v) is 16.6. The summed E-state index contributed by atoms with van der Waals surface area (Å²) in [4.78, 5) is 9.26. The van der Waals surface area contributed by atoms with E-state index >= 15 is 0 Å². The summed E-state index contributed by atoms with van der Waals surface area (Å²) in [6.45, 7) is 4.04. The summed E-state index contributed by atoms with van der Waals surface area (Å²) >= 11 is 0. The van der Waals surface area contributed by atoms with Crippen LogP contribution in [0.1, 0.15) is 24.4 Å². The van der Waals surface area contributed by atoms with Gasteiger partial charge in [-0.3, -0.25) is 0 Å². The van der Waals surface area contributed by atoms with Crippen molar-refractivity contribution >= 4 is 16.7 Å². The fourth-order valence-corrected chi connectivity index (χ4v) is 3.52. The molecule has 1 N–H and O–H groups in total. The van der Waals surface area contributed by atoms with Gasteiger partial charge in [0, 0.05) is 24.0 Å². The fourth-order valence-electron chi connectivity index (χ4n) is 3.52. The number of methoxy groups -OCH3 is 1. The van der Waals surface area contributed by atoms with Crippen molar-refractivity contribution in [2.24, 2.45) is 7.05 Å². The third-order valence-electron chi connectivity index (χ3n) is 5.01. The molecule has 28 heavy (non-hydrogen) atoms. The molecule has 4 aromatic rings. The minimum absolute atomic E-state index is 0.0877. The summed E-state index contributed by atoms with van der Waals surface area (Å²) in [7, 11) is 3.75. The second-order valence-electron chi connectivity index (χ2n) is 6.98. The van der Waals surface area contributed by atoms with E-state index < -0.39 is 0 Å². The van der Waals surface area contributed by atoms with E-state index in [-0.39, 0.29) is 6.04 Å². The lowest BCUT2D eigenvalue weighted by Crippen LogP contribution is -2.09. The summed E-state index contributed by atoms with van der Waals surface area (Å²) in [6, 6.07) is 20.7. The molecule has 0 saturated carbocycles. The maximum absolute atomic E-state index is 5.34. The molecule has 5 nitrogen and oxygen atoms in total. The van der Waals surface area contributed by atoms with E-state index in [1.165, 1.54) is 10.9 Å². The van der Waals surface area contributed by atoms with E-state index in [2.05, 4.69) is 70.2 Å². The predicted molar refractivity (Wildman–Crippen MR) is 114 cm³/mol. The van der Waals surface area contributed by atoms with Crippen molar-refractivity contribution < 1.29 is 4.74 Å². The zero-order valence-electron chi connectivity index (χ0n) is 16.6. The summed E-state index contributed by atoms with van der Waals surface area (Å²) in [5.74, 6) is 2.40. The molecule has 4 rings (SSSR count). The van der Waals surface area contributed by atoms with Crippen molar-refractivity contribution in [3.8, 4) is 17.1 Å². The van der Waals surface area contributed by atoms with Gasteiger partial charge in [0.25, 0.3) is 0 Å². The van der Waals surface area contributed by atoms with Gasteiger partial charge in [0.15, 0.2) is 0 Å². The number of anilines is 1. The summed E-state index contributed by atoms with van der Waals surface area (Å²) < 4.78 is 7.51. The number of para-hydroxylation sites is 1. The molecule has 0 bridgehead atoms. The van der Waals surface area contributed by atoms with Crippen LogP contribution in [-0.4, -0.2) is 21.6 Å². The first-order chi connectivity index (χ1) is 13.5. The number of hydrogen-bond acceptors (Lipinski definition) is 4. The summed E-state index contributed by atoms with van der Waals surface area (Å²) in [5.41, 5.74) is 4.31. The standard InChI is InChI=1S/C23H24N4O/c1-15(17-9-7-10-19(12-17)28-4)24-23-14-20(25-16(2)26-23)22-13-18-8-5-6-11-21(18)27(22)3/h5-15H,1-4H3,(H,24,25,26)/t15-/m0/s1. The van der Waals surface area contributed by atoms with Crippen LogP contribution in [0.25, 0.3) is 22.3 Å². The van der Waals surface area contributed by atoms with Crippen LogP contribution in [0.4, 0.5) is 5.82 Å². The van der Waals surface area contributed by atoms with E-state index in [0.29, 0.717) is 0 Å². The van der Waals surface area contributed by atoms with Gasteiger partial charge in [0.1, 0.15) is 17.4 Å².